The normalized spacial score (nSPS) is 21.9. The molecule has 3 aromatic carbocycles. The van der Waals surface area contributed by atoms with E-state index in [9.17, 15) is 14.3 Å². The summed E-state index contributed by atoms with van der Waals surface area (Å²) < 4.78 is 30.3. The number of anilines is 3. The summed E-state index contributed by atoms with van der Waals surface area (Å²) in [6.07, 6.45) is 4.58. The quantitative estimate of drug-likeness (QED) is 0.198. The van der Waals surface area contributed by atoms with Gasteiger partial charge in [0, 0.05) is 29.7 Å². The number of thiazole rings is 1. The van der Waals surface area contributed by atoms with Crippen LogP contribution in [0.1, 0.15) is 25.8 Å². The predicted octanol–water partition coefficient (Wildman–Crippen LogP) is 7.91. The van der Waals surface area contributed by atoms with E-state index in [0.717, 1.165) is 22.9 Å². The second-order valence-corrected chi connectivity index (χ2v) is 14.2. The molecule has 12 heteroatoms. The number of amides is 2. The highest BCUT2D eigenvalue weighted by atomic mass is 35.5. The zero-order chi connectivity index (χ0) is 30.0. The topological polar surface area (TPSA) is 89.9 Å². The molecule has 3 heterocycles. The Balaban J connectivity index is 1.22. The van der Waals surface area contributed by atoms with Crippen LogP contribution in [0.4, 0.5) is 30.6 Å². The molecule has 4 aromatic rings. The van der Waals surface area contributed by atoms with Crippen LogP contribution < -0.4 is 15.5 Å². The van der Waals surface area contributed by atoms with Crippen molar-refractivity contribution in [2.75, 3.05) is 16.8 Å². The van der Waals surface area contributed by atoms with Gasteiger partial charge in [0.2, 0.25) is 0 Å². The van der Waals surface area contributed by atoms with E-state index in [-0.39, 0.29) is 21.9 Å². The molecule has 3 unspecified atom stereocenters. The SMILES string of the molecule is CC1(C)CN(c2ccccc2NC(=O)NC2N=C3C=CC(Cl)CC3S2)c2c(O)cc(F)c(-c3nc4cc(F)ccc4s3)c21. The molecule has 7 nitrogen and oxygen atoms in total. The van der Waals surface area contributed by atoms with Crippen molar-refractivity contribution in [3.8, 4) is 16.3 Å². The molecule has 1 aromatic heterocycles. The van der Waals surface area contributed by atoms with Gasteiger partial charge in [-0.2, -0.15) is 0 Å². The second kappa shape index (κ2) is 10.5. The minimum absolute atomic E-state index is 0.0495. The first kappa shape index (κ1) is 28.1. The summed E-state index contributed by atoms with van der Waals surface area (Å²) in [5.41, 5.74) is 2.75. The number of halogens is 3. The van der Waals surface area contributed by atoms with Gasteiger partial charge in [0.1, 0.15) is 22.4 Å². The third-order valence-corrected chi connectivity index (χ3v) is 10.4. The third kappa shape index (κ3) is 5.03. The van der Waals surface area contributed by atoms with E-state index in [4.69, 9.17) is 11.6 Å². The fraction of sp³-hybridized carbons (Fsp3) is 0.258. The van der Waals surface area contributed by atoms with Gasteiger partial charge in [0.05, 0.1) is 49.2 Å². The van der Waals surface area contributed by atoms with Crippen LogP contribution in [0, 0.1) is 11.6 Å². The number of alkyl halides is 1. The fourth-order valence-electron chi connectivity index (χ4n) is 5.97. The minimum Gasteiger partial charge on any atom is -0.506 e. The van der Waals surface area contributed by atoms with Crippen molar-refractivity contribution in [3.05, 3.63) is 77.9 Å². The molecule has 3 aliphatic rings. The molecular formula is C31H26ClF2N5O2S2. The van der Waals surface area contributed by atoms with E-state index in [1.54, 1.807) is 23.9 Å². The smallest absolute Gasteiger partial charge is 0.321 e. The highest BCUT2D eigenvalue weighted by molar-refractivity contribution is 8.01. The molecule has 0 radical (unpaired) electrons. The van der Waals surface area contributed by atoms with Crippen LogP contribution in [-0.4, -0.2) is 44.5 Å². The van der Waals surface area contributed by atoms with Gasteiger partial charge in [-0.1, -0.05) is 32.1 Å². The van der Waals surface area contributed by atoms with Gasteiger partial charge in [-0.05, 0) is 36.8 Å². The maximum atomic E-state index is 15.7. The van der Waals surface area contributed by atoms with E-state index in [2.05, 4.69) is 20.6 Å². The number of urea groups is 1. The van der Waals surface area contributed by atoms with Gasteiger partial charge in [0.25, 0.3) is 0 Å². The number of benzene rings is 3. The number of fused-ring (bicyclic) bond motifs is 3. The standard InChI is InChI=1S/C31H26ClF2N5O2S2/c1-31(2)14-39(27-22(40)13-17(34)25(26(27)31)28-35-20-12-16(33)8-10-23(20)42-28)21-6-4-3-5-18(21)36-29(41)38-30-37-19-9-7-15(32)11-24(19)43-30/h3-10,12-13,15,24,30,40H,11,14H2,1-2H3,(H2,36,38,41). The van der Waals surface area contributed by atoms with Crippen molar-refractivity contribution in [3.63, 3.8) is 0 Å². The van der Waals surface area contributed by atoms with E-state index in [1.165, 1.54) is 23.5 Å². The maximum absolute atomic E-state index is 15.7. The van der Waals surface area contributed by atoms with E-state index < -0.39 is 28.6 Å². The van der Waals surface area contributed by atoms with Gasteiger partial charge in [-0.25, -0.2) is 18.6 Å². The summed E-state index contributed by atoms with van der Waals surface area (Å²) in [4.78, 5) is 24.2. The van der Waals surface area contributed by atoms with Crippen molar-refractivity contribution >= 4 is 73.7 Å². The molecular weight excluding hydrogens is 612 g/mol. The number of aliphatic imine (C=N–C) groups is 1. The first-order valence-corrected chi connectivity index (χ1v) is 15.9. The summed E-state index contributed by atoms with van der Waals surface area (Å²) in [6, 6.07) is 12.2. The van der Waals surface area contributed by atoms with Crippen LogP contribution in [-0.2, 0) is 5.41 Å². The number of nitrogens with zero attached hydrogens (tertiary/aromatic N) is 3. The van der Waals surface area contributed by atoms with E-state index >= 15 is 4.39 Å². The first-order valence-electron chi connectivity index (χ1n) is 13.7. The van der Waals surface area contributed by atoms with Crippen molar-refractivity contribution in [2.24, 2.45) is 4.99 Å². The number of hydrogen-bond donors (Lipinski definition) is 3. The van der Waals surface area contributed by atoms with Gasteiger partial charge >= 0.3 is 6.03 Å². The second-order valence-electron chi connectivity index (χ2n) is 11.3. The molecule has 0 saturated carbocycles. The molecule has 3 N–H and O–H groups in total. The van der Waals surface area contributed by atoms with Gasteiger partial charge in [-0.3, -0.25) is 4.99 Å². The zero-order valence-corrected chi connectivity index (χ0v) is 25.5. The highest BCUT2D eigenvalue weighted by Crippen LogP contribution is 2.55. The van der Waals surface area contributed by atoms with Crippen molar-refractivity contribution in [1.29, 1.82) is 0 Å². The molecule has 2 amide bonds. The summed E-state index contributed by atoms with van der Waals surface area (Å²) in [7, 11) is 0. The Morgan fingerprint density at radius 1 is 1.19 bits per heavy atom. The Hall–Kier alpha value is -3.67. The molecule has 43 heavy (non-hydrogen) atoms. The zero-order valence-electron chi connectivity index (χ0n) is 23.1. The van der Waals surface area contributed by atoms with Gasteiger partial charge in [0.15, 0.2) is 5.50 Å². The number of carbonyl (C=O) groups excluding carboxylic acids is 1. The summed E-state index contributed by atoms with van der Waals surface area (Å²) in [5.74, 6) is -1.25. The molecule has 0 fully saturated rings. The Kier molecular flexibility index (Phi) is 6.87. The van der Waals surface area contributed by atoms with Gasteiger partial charge in [-0.15, -0.1) is 34.7 Å². The minimum atomic E-state index is -0.622. The number of allylic oxidation sites excluding steroid dienone is 2. The first-order chi connectivity index (χ1) is 20.6. The summed E-state index contributed by atoms with van der Waals surface area (Å²) in [6.45, 7) is 4.34. The van der Waals surface area contributed by atoms with Crippen molar-refractivity contribution in [1.82, 2.24) is 10.3 Å². The number of nitrogens with one attached hydrogen (secondary N) is 2. The molecule has 0 spiro atoms. The Morgan fingerprint density at radius 2 is 2.00 bits per heavy atom. The lowest BCUT2D eigenvalue weighted by Gasteiger charge is -2.25. The number of phenolic OH excluding ortho intramolecular Hbond substituents is 1. The number of hydrogen-bond acceptors (Lipinski definition) is 7. The number of para-hydroxylation sites is 2. The Bertz CT molecular complexity index is 1860. The van der Waals surface area contributed by atoms with Crippen LogP contribution in [0.2, 0.25) is 0 Å². The number of thioether (sulfide) groups is 1. The lowest BCUT2D eigenvalue weighted by molar-refractivity contribution is 0.251. The van der Waals surface area contributed by atoms with Crippen molar-refractivity contribution < 1.29 is 18.7 Å². The van der Waals surface area contributed by atoms with Crippen LogP contribution in [0.25, 0.3) is 20.8 Å². The average molecular weight is 638 g/mol. The molecule has 7 rings (SSSR count). The number of rotatable bonds is 4. The summed E-state index contributed by atoms with van der Waals surface area (Å²) in [5, 5.41) is 17.5. The largest absolute Gasteiger partial charge is 0.506 e. The number of phenols is 1. The highest BCUT2D eigenvalue weighted by Gasteiger charge is 2.43. The lowest BCUT2D eigenvalue weighted by atomic mass is 9.83. The molecule has 220 valence electrons. The summed E-state index contributed by atoms with van der Waals surface area (Å²) >= 11 is 9.07. The molecule has 1 aliphatic carbocycles. The number of aromatic nitrogens is 1. The van der Waals surface area contributed by atoms with E-state index in [0.29, 0.717) is 39.7 Å². The van der Waals surface area contributed by atoms with Crippen LogP contribution in [0.5, 0.6) is 5.75 Å². The molecule has 2 aliphatic heterocycles. The molecule has 0 bridgehead atoms. The van der Waals surface area contributed by atoms with Crippen molar-refractivity contribution in [2.45, 2.75) is 41.8 Å². The molecule has 0 saturated heterocycles. The maximum Gasteiger partial charge on any atom is 0.321 e. The van der Waals surface area contributed by atoms with Crippen LogP contribution in [0.15, 0.2) is 65.7 Å². The van der Waals surface area contributed by atoms with Crippen LogP contribution >= 0.6 is 34.7 Å². The average Bonchev–Trinajstić information content (AvgIpc) is 3.61. The number of aromatic hydroxyl groups is 1. The monoisotopic (exact) mass is 637 g/mol. The predicted molar refractivity (Wildman–Crippen MR) is 171 cm³/mol. The number of carbonyl (C=O) groups is 1. The Morgan fingerprint density at radius 3 is 2.84 bits per heavy atom. The van der Waals surface area contributed by atoms with E-state index in [1.807, 2.05) is 49.1 Å². The molecule has 3 atom stereocenters. The van der Waals surface area contributed by atoms with Gasteiger partial charge < -0.3 is 20.6 Å². The lowest BCUT2D eigenvalue weighted by Crippen LogP contribution is -2.35. The van der Waals surface area contributed by atoms with Crippen LogP contribution in [0.3, 0.4) is 0 Å². The fourth-order valence-corrected chi connectivity index (χ4v) is 8.59. The Labute approximate surface area is 259 Å². The third-order valence-electron chi connectivity index (χ3n) is 7.80.